The molecule has 2 heterocycles. The Morgan fingerprint density at radius 1 is 0.800 bits per heavy atom. The highest BCUT2D eigenvalue weighted by molar-refractivity contribution is 7.93. The number of nitrogens with zero attached hydrogens (tertiary/aromatic N) is 1. The number of likely N-dealkylation sites (N-methyl/N-ethyl adjacent to an activating group) is 1. The molecular formula is C33H38Cl2N4O7S4. The molecule has 2 aromatic heterocycles. The highest BCUT2D eigenvalue weighted by Gasteiger charge is 2.29. The molecule has 0 aliphatic rings. The lowest BCUT2D eigenvalue weighted by Gasteiger charge is -2.28. The van der Waals surface area contributed by atoms with Crippen molar-refractivity contribution >= 4 is 89.3 Å². The van der Waals surface area contributed by atoms with Crippen LogP contribution >= 0.6 is 45.9 Å². The van der Waals surface area contributed by atoms with E-state index in [1.54, 1.807) is 74.9 Å². The molecule has 4 rings (SSSR count). The van der Waals surface area contributed by atoms with Crippen LogP contribution in [0.2, 0.25) is 10.0 Å². The SMILES string of the molecule is CCC(C(=O)NCCc1sccc1NS(=O)(=O)c1cccc(Cl)c1C)N(CC)C(=O)OCCc1sccc1NS(=O)(=O)c1cccc(Cl)c1C. The van der Waals surface area contributed by atoms with E-state index in [0.717, 1.165) is 4.88 Å². The van der Waals surface area contributed by atoms with Crippen molar-refractivity contribution in [2.75, 3.05) is 29.1 Å². The van der Waals surface area contributed by atoms with Crippen LogP contribution in [0.25, 0.3) is 0 Å². The van der Waals surface area contributed by atoms with Crippen LogP contribution < -0.4 is 14.8 Å². The number of halogens is 2. The van der Waals surface area contributed by atoms with Crippen molar-refractivity contribution in [3.05, 3.63) is 90.2 Å². The van der Waals surface area contributed by atoms with Gasteiger partial charge in [0.15, 0.2) is 0 Å². The quantitative estimate of drug-likeness (QED) is 0.106. The Morgan fingerprint density at radius 2 is 1.30 bits per heavy atom. The van der Waals surface area contributed by atoms with Gasteiger partial charge in [-0.25, -0.2) is 21.6 Å². The first kappa shape index (κ1) is 39.4. The molecule has 0 saturated carbocycles. The number of ether oxygens (including phenoxy) is 1. The van der Waals surface area contributed by atoms with Crippen molar-refractivity contribution in [1.82, 2.24) is 10.2 Å². The Bertz CT molecular complexity index is 1900. The predicted molar refractivity (Wildman–Crippen MR) is 201 cm³/mol. The summed E-state index contributed by atoms with van der Waals surface area (Å²) in [6, 6.07) is 11.9. The first-order chi connectivity index (χ1) is 23.7. The first-order valence-corrected chi connectivity index (χ1v) is 21.1. The fourth-order valence-corrected chi connectivity index (χ4v) is 10.1. The molecule has 2 amide bonds. The summed E-state index contributed by atoms with van der Waals surface area (Å²) in [5.74, 6) is -0.370. The summed E-state index contributed by atoms with van der Waals surface area (Å²) < 4.78 is 63.1. The zero-order chi connectivity index (χ0) is 36.6. The van der Waals surface area contributed by atoms with Gasteiger partial charge in [0.1, 0.15) is 6.04 Å². The number of amides is 2. The minimum atomic E-state index is -3.91. The summed E-state index contributed by atoms with van der Waals surface area (Å²) in [6.07, 6.45) is 0.263. The van der Waals surface area contributed by atoms with Crippen LogP contribution in [0, 0.1) is 13.8 Å². The third kappa shape index (κ3) is 9.50. The molecule has 0 aliphatic carbocycles. The second-order valence-corrected chi connectivity index (χ2v) is 17.2. The second kappa shape index (κ2) is 17.2. The van der Waals surface area contributed by atoms with Crippen LogP contribution in [-0.2, 0) is 42.4 Å². The summed E-state index contributed by atoms with van der Waals surface area (Å²) in [4.78, 5) is 29.2. The fraction of sp³-hybridized carbons (Fsp3) is 0.333. The van der Waals surface area contributed by atoms with Crippen molar-refractivity contribution in [3.63, 3.8) is 0 Å². The van der Waals surface area contributed by atoms with E-state index in [1.165, 1.54) is 39.7 Å². The van der Waals surface area contributed by atoms with Crippen LogP contribution in [0.3, 0.4) is 0 Å². The average Bonchev–Trinajstić information content (AvgIpc) is 3.69. The van der Waals surface area contributed by atoms with E-state index in [2.05, 4.69) is 14.8 Å². The third-order valence-electron chi connectivity index (χ3n) is 7.84. The lowest BCUT2D eigenvalue weighted by atomic mass is 10.1. The summed E-state index contributed by atoms with van der Waals surface area (Å²) in [7, 11) is -7.81. The zero-order valence-electron chi connectivity index (χ0n) is 27.8. The number of sulfonamides is 2. The summed E-state index contributed by atoms with van der Waals surface area (Å²) in [5, 5.41) is 7.05. The summed E-state index contributed by atoms with van der Waals surface area (Å²) in [5.41, 5.74) is 1.67. The smallest absolute Gasteiger partial charge is 0.410 e. The highest BCUT2D eigenvalue weighted by atomic mass is 35.5. The van der Waals surface area contributed by atoms with Crippen molar-refractivity contribution in [1.29, 1.82) is 0 Å². The van der Waals surface area contributed by atoms with Crippen LogP contribution in [0.5, 0.6) is 0 Å². The second-order valence-electron chi connectivity index (χ2n) is 11.1. The largest absolute Gasteiger partial charge is 0.449 e. The van der Waals surface area contributed by atoms with Crippen LogP contribution in [0.4, 0.5) is 16.2 Å². The molecule has 270 valence electrons. The van der Waals surface area contributed by atoms with Crippen LogP contribution in [0.15, 0.2) is 69.1 Å². The molecule has 0 bridgehead atoms. The highest BCUT2D eigenvalue weighted by Crippen LogP contribution is 2.30. The van der Waals surface area contributed by atoms with Gasteiger partial charge in [0.2, 0.25) is 5.91 Å². The molecule has 1 unspecified atom stereocenters. The number of nitrogens with one attached hydrogen (secondary N) is 3. The molecule has 1 atom stereocenters. The molecule has 0 fully saturated rings. The Labute approximate surface area is 311 Å². The topological polar surface area (TPSA) is 151 Å². The van der Waals surface area contributed by atoms with Gasteiger partial charge in [-0.05, 0) is 85.5 Å². The number of thiophene rings is 2. The van der Waals surface area contributed by atoms with E-state index in [9.17, 15) is 26.4 Å². The first-order valence-electron chi connectivity index (χ1n) is 15.6. The maximum atomic E-state index is 13.2. The monoisotopic (exact) mass is 800 g/mol. The van der Waals surface area contributed by atoms with Crippen molar-refractivity contribution in [3.8, 4) is 0 Å². The molecule has 0 radical (unpaired) electrons. The molecule has 2 aromatic carbocycles. The molecular weight excluding hydrogens is 764 g/mol. The van der Waals surface area contributed by atoms with Gasteiger partial charge in [-0.2, -0.15) is 0 Å². The van der Waals surface area contributed by atoms with E-state index < -0.39 is 32.2 Å². The molecule has 11 nitrogen and oxygen atoms in total. The van der Waals surface area contributed by atoms with Crippen LogP contribution in [-0.4, -0.2) is 59.5 Å². The molecule has 50 heavy (non-hydrogen) atoms. The Kier molecular flexibility index (Phi) is 13.6. The summed E-state index contributed by atoms with van der Waals surface area (Å²) >= 11 is 14.9. The standard InChI is InChI=1S/C33H38Cl2N4O7S4/c1-5-27(32(40)36-17-13-28-25(15-19-47-28)37-49(42,43)30-11-7-9-23(34)21(30)3)39(6-2)33(41)46-18-14-29-26(16-20-48-29)38-50(44,45)31-12-8-10-24(35)22(31)4/h7-12,15-16,19-20,27,37-38H,5-6,13-14,17-18H2,1-4H3,(H,36,40). The molecule has 0 spiro atoms. The van der Waals surface area contributed by atoms with Gasteiger partial charge in [0, 0.05) is 45.7 Å². The van der Waals surface area contributed by atoms with E-state index in [-0.39, 0.29) is 41.8 Å². The minimum absolute atomic E-state index is 0.0371. The average molecular weight is 802 g/mol. The van der Waals surface area contributed by atoms with Crippen LogP contribution in [0.1, 0.15) is 41.1 Å². The van der Waals surface area contributed by atoms with Crippen molar-refractivity contribution in [2.24, 2.45) is 0 Å². The molecule has 4 aromatic rings. The van der Waals surface area contributed by atoms with Gasteiger partial charge in [-0.3, -0.25) is 19.1 Å². The minimum Gasteiger partial charge on any atom is -0.449 e. The Hall–Kier alpha value is -3.34. The Balaban J connectivity index is 1.31. The summed E-state index contributed by atoms with van der Waals surface area (Å²) in [6.45, 7) is 7.18. The van der Waals surface area contributed by atoms with Gasteiger partial charge in [0.05, 0.1) is 27.8 Å². The Morgan fingerprint density at radius 3 is 1.78 bits per heavy atom. The van der Waals surface area contributed by atoms with Gasteiger partial charge in [-0.15, -0.1) is 22.7 Å². The number of hydrogen-bond acceptors (Lipinski definition) is 9. The molecule has 17 heteroatoms. The number of carbonyl (C=O) groups is 2. The van der Waals surface area contributed by atoms with Crippen molar-refractivity contribution < 1.29 is 31.2 Å². The van der Waals surface area contributed by atoms with E-state index >= 15 is 0 Å². The van der Waals surface area contributed by atoms with Gasteiger partial charge in [0.25, 0.3) is 20.0 Å². The lowest BCUT2D eigenvalue weighted by molar-refractivity contribution is -0.126. The van der Waals surface area contributed by atoms with E-state index in [4.69, 9.17) is 27.9 Å². The maximum absolute atomic E-state index is 13.2. The normalized spacial score (nSPS) is 12.3. The zero-order valence-corrected chi connectivity index (χ0v) is 32.6. The number of hydrogen-bond donors (Lipinski definition) is 3. The number of carbonyl (C=O) groups excluding carboxylic acids is 2. The molecule has 3 N–H and O–H groups in total. The third-order valence-corrected chi connectivity index (χ3v) is 13.6. The van der Waals surface area contributed by atoms with Crippen molar-refractivity contribution in [2.45, 2.75) is 62.8 Å². The lowest BCUT2D eigenvalue weighted by Crippen LogP contribution is -2.49. The van der Waals surface area contributed by atoms with E-state index in [1.807, 2.05) is 0 Å². The number of rotatable bonds is 16. The number of anilines is 2. The van der Waals surface area contributed by atoms with Gasteiger partial charge < -0.3 is 10.1 Å². The molecule has 0 aliphatic heterocycles. The fourth-order valence-electron chi connectivity index (χ4n) is 5.16. The predicted octanol–water partition coefficient (Wildman–Crippen LogP) is 7.47. The van der Waals surface area contributed by atoms with Gasteiger partial charge in [-0.1, -0.05) is 42.3 Å². The molecule has 0 saturated heterocycles. The number of benzene rings is 2. The van der Waals surface area contributed by atoms with E-state index in [0.29, 0.717) is 50.3 Å². The maximum Gasteiger partial charge on any atom is 0.410 e. The van der Waals surface area contributed by atoms with Gasteiger partial charge >= 0.3 is 6.09 Å².